The number of aromatic nitrogens is 4. The van der Waals surface area contributed by atoms with Crippen molar-refractivity contribution in [3.8, 4) is 0 Å². The lowest BCUT2D eigenvalue weighted by molar-refractivity contribution is 0.396. The van der Waals surface area contributed by atoms with E-state index in [-0.39, 0.29) is 11.6 Å². The van der Waals surface area contributed by atoms with Gasteiger partial charge in [0.1, 0.15) is 5.65 Å². The molecule has 1 aliphatic carbocycles. The van der Waals surface area contributed by atoms with Gasteiger partial charge < -0.3 is 10.2 Å². The van der Waals surface area contributed by atoms with Gasteiger partial charge in [0, 0.05) is 48.0 Å². The Morgan fingerprint density at radius 1 is 1.16 bits per heavy atom. The quantitative estimate of drug-likeness (QED) is 0.533. The Hall–Kier alpha value is -2.80. The fraction of sp³-hybridized carbons (Fsp3) is 0.500. The van der Waals surface area contributed by atoms with Crippen LogP contribution in [0.15, 0.2) is 41.5 Å². The van der Waals surface area contributed by atoms with E-state index in [4.69, 9.17) is 4.98 Å². The van der Waals surface area contributed by atoms with E-state index >= 15 is 0 Å². The van der Waals surface area contributed by atoms with Crippen molar-refractivity contribution in [2.45, 2.75) is 51.0 Å². The van der Waals surface area contributed by atoms with Gasteiger partial charge in [-0.1, -0.05) is 18.9 Å². The zero-order valence-corrected chi connectivity index (χ0v) is 18.5. The van der Waals surface area contributed by atoms with Gasteiger partial charge in [-0.25, -0.2) is 4.98 Å². The van der Waals surface area contributed by atoms with Gasteiger partial charge in [0.25, 0.3) is 5.56 Å². The highest BCUT2D eigenvalue weighted by Gasteiger charge is 2.23. The molecule has 1 saturated carbocycles. The van der Waals surface area contributed by atoms with Crippen molar-refractivity contribution in [3.63, 3.8) is 0 Å². The van der Waals surface area contributed by atoms with Crippen molar-refractivity contribution in [1.82, 2.24) is 24.4 Å². The Morgan fingerprint density at radius 2 is 2.00 bits per heavy atom. The molecule has 0 aromatic carbocycles. The number of nitrogens with one attached hydrogen (secondary N) is 1. The first kappa shape index (κ1) is 21.4. The second kappa shape index (κ2) is 10.0. The highest BCUT2D eigenvalue weighted by molar-refractivity contribution is 5.76. The topological polar surface area (TPSA) is 75.9 Å². The number of fused-ring (bicyclic) bond motifs is 1. The molecule has 0 spiro atoms. The zero-order valence-electron chi connectivity index (χ0n) is 18.5. The Kier molecular flexibility index (Phi) is 6.92. The molecule has 0 saturated heterocycles. The summed E-state index contributed by atoms with van der Waals surface area (Å²) in [7, 11) is 4.18. The molecule has 1 N–H and O–H groups in total. The molecule has 7 nitrogen and oxygen atoms in total. The normalized spacial score (nSPS) is 14.5. The number of hydrogen-bond acceptors (Lipinski definition) is 6. The highest BCUT2D eigenvalue weighted by Crippen LogP contribution is 2.30. The van der Waals surface area contributed by atoms with E-state index in [2.05, 4.69) is 34.3 Å². The molecule has 0 amide bonds. The molecule has 1 aliphatic rings. The van der Waals surface area contributed by atoms with Crippen molar-refractivity contribution in [2.24, 2.45) is 0 Å². The minimum absolute atomic E-state index is 0.0562. The molecule has 4 rings (SSSR count). The maximum atomic E-state index is 13.5. The van der Waals surface area contributed by atoms with Crippen LogP contribution in [-0.4, -0.2) is 51.6 Å². The van der Waals surface area contributed by atoms with Crippen LogP contribution in [0.2, 0.25) is 0 Å². The van der Waals surface area contributed by atoms with Crippen molar-refractivity contribution in [3.05, 3.63) is 58.3 Å². The molecule has 31 heavy (non-hydrogen) atoms. The van der Waals surface area contributed by atoms with Gasteiger partial charge in [-0.15, -0.1) is 0 Å². The second-order valence-electron chi connectivity index (χ2n) is 8.69. The lowest BCUT2D eigenvalue weighted by Gasteiger charge is -2.18. The summed E-state index contributed by atoms with van der Waals surface area (Å²) in [6.45, 7) is 1.89. The van der Waals surface area contributed by atoms with Crippen molar-refractivity contribution in [2.75, 3.05) is 32.5 Å². The summed E-state index contributed by atoms with van der Waals surface area (Å²) in [5.41, 5.74) is 2.45. The van der Waals surface area contributed by atoms with Crippen molar-refractivity contribution in [1.29, 1.82) is 0 Å². The summed E-state index contributed by atoms with van der Waals surface area (Å²) in [5.74, 6) is 0.598. The molecule has 3 heterocycles. The van der Waals surface area contributed by atoms with Crippen LogP contribution in [-0.2, 0) is 6.42 Å². The Balaban J connectivity index is 1.63. The number of pyridine rings is 2. The van der Waals surface area contributed by atoms with Crippen LogP contribution in [0.5, 0.6) is 0 Å². The highest BCUT2D eigenvalue weighted by atomic mass is 16.1. The van der Waals surface area contributed by atoms with Crippen LogP contribution in [0.3, 0.4) is 0 Å². The molecule has 3 aromatic rings. The third-order valence-corrected chi connectivity index (χ3v) is 5.95. The molecule has 0 atom stereocenters. The van der Waals surface area contributed by atoms with Gasteiger partial charge in [0.15, 0.2) is 0 Å². The first-order valence-electron chi connectivity index (χ1n) is 11.3. The maximum Gasteiger partial charge on any atom is 0.256 e. The molecular weight excluding hydrogens is 388 g/mol. The van der Waals surface area contributed by atoms with E-state index < -0.39 is 0 Å². The molecule has 164 valence electrons. The van der Waals surface area contributed by atoms with Gasteiger partial charge in [0.2, 0.25) is 5.95 Å². The standard InChI is InChI=1S/C24H32N6O/c1-29(2)14-8-7-13-26-24-27-17-19-15-18(16-20-9-5-6-12-25-20)23(31)30(22(19)28-24)21-10-3-4-11-21/h5-6,9,12,15,17,21H,3-4,7-8,10-11,13-14,16H2,1-2H3,(H,26,27,28). The number of nitrogens with zero attached hydrogens (tertiary/aromatic N) is 5. The SMILES string of the molecule is CN(C)CCCCNc1ncc2cc(Cc3ccccn3)c(=O)n(C3CCCC3)c2n1. The molecule has 0 radical (unpaired) electrons. The summed E-state index contributed by atoms with van der Waals surface area (Å²) in [4.78, 5) is 29.4. The zero-order chi connectivity index (χ0) is 21.6. The summed E-state index contributed by atoms with van der Waals surface area (Å²) < 4.78 is 1.93. The number of anilines is 1. The summed E-state index contributed by atoms with van der Waals surface area (Å²) >= 11 is 0. The van der Waals surface area contributed by atoms with Crippen LogP contribution in [0.4, 0.5) is 5.95 Å². The first-order chi connectivity index (χ1) is 15.1. The smallest absolute Gasteiger partial charge is 0.256 e. The molecule has 7 heteroatoms. The van der Waals surface area contributed by atoms with Gasteiger partial charge in [-0.05, 0) is 64.5 Å². The van der Waals surface area contributed by atoms with E-state index in [1.807, 2.05) is 35.0 Å². The fourth-order valence-corrected chi connectivity index (χ4v) is 4.34. The largest absolute Gasteiger partial charge is 0.354 e. The monoisotopic (exact) mass is 420 g/mol. The van der Waals surface area contributed by atoms with Crippen molar-refractivity contribution >= 4 is 17.0 Å². The third-order valence-electron chi connectivity index (χ3n) is 5.95. The Morgan fingerprint density at radius 3 is 2.74 bits per heavy atom. The fourth-order valence-electron chi connectivity index (χ4n) is 4.34. The molecular formula is C24H32N6O. The molecule has 3 aromatic heterocycles. The predicted octanol–water partition coefficient (Wildman–Crippen LogP) is 3.65. The summed E-state index contributed by atoms with van der Waals surface area (Å²) in [6.07, 6.45) is 10.7. The van der Waals surface area contributed by atoms with Crippen LogP contribution < -0.4 is 10.9 Å². The van der Waals surface area contributed by atoms with Gasteiger partial charge in [0.05, 0.1) is 0 Å². The van der Waals surface area contributed by atoms with Crippen LogP contribution >= 0.6 is 0 Å². The van der Waals surface area contributed by atoms with Gasteiger partial charge in [-0.2, -0.15) is 4.98 Å². The minimum Gasteiger partial charge on any atom is -0.354 e. The third kappa shape index (κ3) is 5.28. The number of rotatable bonds is 9. The lowest BCUT2D eigenvalue weighted by atomic mass is 10.1. The number of unbranched alkanes of at least 4 members (excludes halogenated alkanes) is 1. The average molecular weight is 421 g/mol. The van der Waals surface area contributed by atoms with E-state index in [0.717, 1.165) is 73.9 Å². The number of hydrogen-bond donors (Lipinski definition) is 1. The molecule has 1 fully saturated rings. The first-order valence-corrected chi connectivity index (χ1v) is 11.3. The average Bonchev–Trinajstić information content (AvgIpc) is 3.29. The molecule has 0 unspecified atom stereocenters. The summed E-state index contributed by atoms with van der Waals surface area (Å²) in [5, 5.41) is 4.25. The lowest BCUT2D eigenvalue weighted by Crippen LogP contribution is -2.28. The Bertz CT molecular complexity index is 1060. The van der Waals surface area contributed by atoms with Crippen LogP contribution in [0, 0.1) is 0 Å². The molecule has 0 aliphatic heterocycles. The predicted molar refractivity (Wildman–Crippen MR) is 125 cm³/mol. The van der Waals surface area contributed by atoms with Crippen LogP contribution in [0.25, 0.3) is 11.0 Å². The maximum absolute atomic E-state index is 13.5. The second-order valence-corrected chi connectivity index (χ2v) is 8.69. The van der Waals surface area contributed by atoms with E-state index in [0.29, 0.717) is 12.4 Å². The van der Waals surface area contributed by atoms with Gasteiger partial charge in [-0.3, -0.25) is 14.3 Å². The molecule has 0 bridgehead atoms. The van der Waals surface area contributed by atoms with Gasteiger partial charge >= 0.3 is 0 Å². The Labute approximate surface area is 183 Å². The van der Waals surface area contributed by atoms with Crippen LogP contribution in [0.1, 0.15) is 55.8 Å². The van der Waals surface area contributed by atoms with Crippen molar-refractivity contribution < 1.29 is 0 Å². The van der Waals surface area contributed by atoms with E-state index in [9.17, 15) is 4.79 Å². The summed E-state index contributed by atoms with van der Waals surface area (Å²) in [6, 6.07) is 7.96. The van der Waals surface area contributed by atoms with E-state index in [1.54, 1.807) is 6.20 Å². The minimum atomic E-state index is 0.0562. The van der Waals surface area contributed by atoms with E-state index in [1.165, 1.54) is 0 Å².